The van der Waals surface area contributed by atoms with E-state index in [2.05, 4.69) is 10.0 Å². The summed E-state index contributed by atoms with van der Waals surface area (Å²) >= 11 is 0. The summed E-state index contributed by atoms with van der Waals surface area (Å²) in [6, 6.07) is 4.76. The smallest absolute Gasteiger partial charge is 0.269 e. The molecule has 0 saturated carbocycles. The Balaban J connectivity index is 2.70. The van der Waals surface area contributed by atoms with Gasteiger partial charge in [-0.15, -0.1) is 0 Å². The molecule has 8 heteroatoms. The molecule has 1 aromatic carbocycles. The van der Waals surface area contributed by atoms with Crippen molar-refractivity contribution in [2.24, 2.45) is 0 Å². The highest BCUT2D eigenvalue weighted by Gasteiger charge is 2.14. The van der Waals surface area contributed by atoms with E-state index < -0.39 is 14.9 Å². The van der Waals surface area contributed by atoms with Gasteiger partial charge in [0.15, 0.2) is 0 Å². The predicted octanol–water partition coefficient (Wildman–Crippen LogP) is 0.483. The average Bonchev–Trinajstić information content (AvgIpc) is 2.35. The number of rotatable bonds is 7. The van der Waals surface area contributed by atoms with Gasteiger partial charge in [-0.25, -0.2) is 13.1 Å². The quantitative estimate of drug-likeness (QED) is 0.427. The minimum Gasteiger partial charge on any atom is -0.316 e. The fraction of sp³-hybridized carbons (Fsp3) is 0.400. The molecular formula is C10H15N3O4S. The Morgan fingerprint density at radius 2 is 1.83 bits per heavy atom. The standard InChI is InChI=1S/C10H15N3O4S/c1-2-11-7-8-12-18(16,17)10-5-3-9(4-6-10)13(14)15/h3-6,11-12H,2,7-8H2,1H3. The summed E-state index contributed by atoms with van der Waals surface area (Å²) in [7, 11) is -3.60. The third kappa shape index (κ3) is 4.06. The van der Waals surface area contributed by atoms with E-state index in [1.807, 2.05) is 6.92 Å². The number of likely N-dealkylation sites (N-methyl/N-ethyl adjacent to an activating group) is 1. The van der Waals surface area contributed by atoms with Crippen molar-refractivity contribution in [3.63, 3.8) is 0 Å². The zero-order valence-corrected chi connectivity index (χ0v) is 10.7. The van der Waals surface area contributed by atoms with Crippen molar-refractivity contribution < 1.29 is 13.3 Å². The molecule has 0 bridgehead atoms. The van der Waals surface area contributed by atoms with E-state index in [0.717, 1.165) is 6.54 Å². The van der Waals surface area contributed by atoms with Gasteiger partial charge in [0.25, 0.3) is 5.69 Å². The SMILES string of the molecule is CCNCCNS(=O)(=O)c1ccc([N+](=O)[O-])cc1. The molecule has 0 atom stereocenters. The number of nitrogens with zero attached hydrogens (tertiary/aromatic N) is 1. The van der Waals surface area contributed by atoms with Crippen LogP contribution in [0.5, 0.6) is 0 Å². The number of nitro benzene ring substituents is 1. The second kappa shape index (κ2) is 6.43. The van der Waals surface area contributed by atoms with Gasteiger partial charge in [0, 0.05) is 25.2 Å². The fourth-order valence-corrected chi connectivity index (χ4v) is 2.31. The molecule has 1 rings (SSSR count). The largest absolute Gasteiger partial charge is 0.316 e. The molecule has 0 aliphatic carbocycles. The van der Waals surface area contributed by atoms with Gasteiger partial charge in [0.05, 0.1) is 9.82 Å². The third-order valence-electron chi connectivity index (χ3n) is 2.20. The average molecular weight is 273 g/mol. The van der Waals surface area contributed by atoms with Crippen LogP contribution >= 0.6 is 0 Å². The number of nitro groups is 1. The van der Waals surface area contributed by atoms with E-state index in [-0.39, 0.29) is 17.1 Å². The summed E-state index contributed by atoms with van der Waals surface area (Å²) in [5.74, 6) is 0. The van der Waals surface area contributed by atoms with Crippen LogP contribution in [-0.2, 0) is 10.0 Å². The number of non-ortho nitro benzene ring substituents is 1. The maximum absolute atomic E-state index is 11.8. The number of hydrogen-bond donors (Lipinski definition) is 2. The molecule has 0 aliphatic heterocycles. The Bertz CT molecular complexity index is 498. The fourth-order valence-electron chi connectivity index (χ4n) is 1.28. The molecule has 0 unspecified atom stereocenters. The first kappa shape index (κ1) is 14.6. The van der Waals surface area contributed by atoms with Crippen LogP contribution in [0.4, 0.5) is 5.69 Å². The van der Waals surface area contributed by atoms with Gasteiger partial charge in [0.1, 0.15) is 0 Å². The number of benzene rings is 1. The van der Waals surface area contributed by atoms with Crippen LogP contribution in [0.2, 0.25) is 0 Å². The lowest BCUT2D eigenvalue weighted by molar-refractivity contribution is -0.384. The van der Waals surface area contributed by atoms with E-state index >= 15 is 0 Å². The Kier molecular flexibility index (Phi) is 5.20. The topological polar surface area (TPSA) is 101 Å². The summed E-state index contributed by atoms with van der Waals surface area (Å²) in [6.07, 6.45) is 0. The van der Waals surface area contributed by atoms with Crippen molar-refractivity contribution in [3.05, 3.63) is 34.4 Å². The molecule has 0 spiro atoms. The van der Waals surface area contributed by atoms with Crippen LogP contribution in [0.3, 0.4) is 0 Å². The molecule has 0 amide bonds. The minimum absolute atomic E-state index is 0.0181. The van der Waals surface area contributed by atoms with Crippen LogP contribution in [-0.4, -0.2) is 33.0 Å². The van der Waals surface area contributed by atoms with Crippen molar-refractivity contribution in [1.29, 1.82) is 0 Å². The first-order valence-corrected chi connectivity index (χ1v) is 6.90. The normalized spacial score (nSPS) is 11.4. The van der Waals surface area contributed by atoms with Crippen LogP contribution < -0.4 is 10.0 Å². The zero-order chi connectivity index (χ0) is 13.6. The molecule has 0 saturated heterocycles. The van der Waals surface area contributed by atoms with Gasteiger partial charge in [-0.1, -0.05) is 6.92 Å². The molecule has 100 valence electrons. The lowest BCUT2D eigenvalue weighted by atomic mass is 10.3. The molecule has 0 fully saturated rings. The van der Waals surface area contributed by atoms with Crippen molar-refractivity contribution in [3.8, 4) is 0 Å². The van der Waals surface area contributed by atoms with E-state index in [0.29, 0.717) is 6.54 Å². The monoisotopic (exact) mass is 273 g/mol. The van der Waals surface area contributed by atoms with E-state index in [9.17, 15) is 18.5 Å². The molecule has 7 nitrogen and oxygen atoms in total. The number of hydrogen-bond acceptors (Lipinski definition) is 5. The summed E-state index contributed by atoms with van der Waals surface area (Å²) < 4.78 is 25.9. The van der Waals surface area contributed by atoms with Gasteiger partial charge < -0.3 is 5.32 Å². The highest BCUT2D eigenvalue weighted by Crippen LogP contribution is 2.15. The molecule has 0 radical (unpaired) electrons. The lowest BCUT2D eigenvalue weighted by Gasteiger charge is -2.06. The maximum atomic E-state index is 11.8. The molecule has 1 aromatic rings. The van der Waals surface area contributed by atoms with Gasteiger partial charge in [0.2, 0.25) is 10.0 Å². The van der Waals surface area contributed by atoms with Crippen molar-refractivity contribution in [2.45, 2.75) is 11.8 Å². The minimum atomic E-state index is -3.60. The molecule has 18 heavy (non-hydrogen) atoms. The summed E-state index contributed by atoms with van der Waals surface area (Å²) in [5, 5.41) is 13.4. The summed E-state index contributed by atoms with van der Waals surface area (Å²) in [6.45, 7) is 3.49. The zero-order valence-electron chi connectivity index (χ0n) is 9.92. The van der Waals surface area contributed by atoms with Crippen LogP contribution in [0.1, 0.15) is 6.92 Å². The molecule has 2 N–H and O–H groups in total. The van der Waals surface area contributed by atoms with Crippen LogP contribution in [0.15, 0.2) is 29.2 Å². The van der Waals surface area contributed by atoms with E-state index in [1.54, 1.807) is 0 Å². The second-order valence-corrected chi connectivity index (χ2v) is 5.27. The summed E-state index contributed by atoms with van der Waals surface area (Å²) in [5.41, 5.74) is -0.137. The number of sulfonamides is 1. The second-order valence-electron chi connectivity index (χ2n) is 3.50. The van der Waals surface area contributed by atoms with Crippen molar-refractivity contribution in [1.82, 2.24) is 10.0 Å². The van der Waals surface area contributed by atoms with Crippen LogP contribution in [0.25, 0.3) is 0 Å². The first-order valence-electron chi connectivity index (χ1n) is 5.42. The summed E-state index contributed by atoms with van der Waals surface area (Å²) in [4.78, 5) is 9.88. The third-order valence-corrected chi connectivity index (χ3v) is 3.68. The van der Waals surface area contributed by atoms with Crippen molar-refractivity contribution >= 4 is 15.7 Å². The highest BCUT2D eigenvalue weighted by molar-refractivity contribution is 7.89. The first-order chi connectivity index (χ1) is 8.47. The Labute approximate surface area is 105 Å². The Morgan fingerprint density at radius 3 is 2.33 bits per heavy atom. The number of nitrogens with one attached hydrogen (secondary N) is 2. The predicted molar refractivity (Wildman–Crippen MR) is 66.8 cm³/mol. The van der Waals surface area contributed by atoms with Crippen molar-refractivity contribution in [2.75, 3.05) is 19.6 Å². The highest BCUT2D eigenvalue weighted by atomic mass is 32.2. The Morgan fingerprint density at radius 1 is 1.22 bits per heavy atom. The van der Waals surface area contributed by atoms with Crippen LogP contribution in [0, 0.1) is 10.1 Å². The lowest BCUT2D eigenvalue weighted by Crippen LogP contribution is -2.31. The van der Waals surface area contributed by atoms with E-state index in [4.69, 9.17) is 0 Å². The molecule has 0 aliphatic rings. The maximum Gasteiger partial charge on any atom is 0.269 e. The van der Waals surface area contributed by atoms with Gasteiger partial charge in [-0.05, 0) is 18.7 Å². The molecule has 0 heterocycles. The van der Waals surface area contributed by atoms with Gasteiger partial charge >= 0.3 is 0 Å². The molecular weight excluding hydrogens is 258 g/mol. The van der Waals surface area contributed by atoms with E-state index in [1.165, 1.54) is 24.3 Å². The molecule has 0 aromatic heterocycles. The van der Waals surface area contributed by atoms with Gasteiger partial charge in [-0.2, -0.15) is 0 Å². The van der Waals surface area contributed by atoms with Gasteiger partial charge in [-0.3, -0.25) is 10.1 Å². The Hall–Kier alpha value is -1.51.